The molecule has 2 saturated heterocycles. The van der Waals surface area contributed by atoms with Crippen molar-refractivity contribution in [3.63, 3.8) is 0 Å². The van der Waals surface area contributed by atoms with Gasteiger partial charge in [-0.2, -0.15) is 0 Å². The van der Waals surface area contributed by atoms with E-state index in [1.807, 2.05) is 7.05 Å². The lowest BCUT2D eigenvalue weighted by molar-refractivity contribution is -0.134. The molecule has 0 aromatic heterocycles. The summed E-state index contributed by atoms with van der Waals surface area (Å²) in [6, 6.07) is 0.911. The largest absolute Gasteiger partial charge is 0.355 e. The Labute approximate surface area is 171 Å². The Morgan fingerprint density at radius 1 is 1.07 bits per heavy atom. The van der Waals surface area contributed by atoms with Crippen molar-refractivity contribution in [2.24, 2.45) is 16.8 Å². The fourth-order valence-electron chi connectivity index (χ4n) is 5.11. The number of hydrogen-bond acceptors (Lipinski definition) is 3. The number of nitrogens with zero attached hydrogens (tertiary/aromatic N) is 3. The highest BCUT2D eigenvalue weighted by Crippen LogP contribution is 2.27. The molecule has 0 aromatic carbocycles. The number of piperidine rings is 1. The van der Waals surface area contributed by atoms with Crippen LogP contribution in [0.1, 0.15) is 65.2 Å². The summed E-state index contributed by atoms with van der Waals surface area (Å²) in [4.78, 5) is 21.8. The molecule has 2 N–H and O–H groups in total. The van der Waals surface area contributed by atoms with Crippen LogP contribution in [0.3, 0.4) is 0 Å². The molecule has 1 saturated carbocycles. The number of aliphatic imine (C=N–C) groups is 1. The number of likely N-dealkylation sites (tertiary alicyclic amines) is 2. The normalized spacial score (nSPS) is 27.6. The molecule has 2 unspecified atom stereocenters. The van der Waals surface area contributed by atoms with E-state index >= 15 is 0 Å². The van der Waals surface area contributed by atoms with Crippen molar-refractivity contribution in [1.29, 1.82) is 0 Å². The molecule has 3 rings (SSSR count). The van der Waals surface area contributed by atoms with Gasteiger partial charge in [0.2, 0.25) is 5.91 Å². The summed E-state index contributed by atoms with van der Waals surface area (Å²) in [7, 11) is 1.85. The molecule has 28 heavy (non-hydrogen) atoms. The highest BCUT2D eigenvalue weighted by molar-refractivity contribution is 5.81. The van der Waals surface area contributed by atoms with E-state index in [2.05, 4.69) is 39.3 Å². The van der Waals surface area contributed by atoms with Gasteiger partial charge in [-0.15, -0.1) is 0 Å². The number of nitrogens with one attached hydrogen (secondary N) is 2. The number of rotatable bonds is 6. The molecule has 6 heteroatoms. The first kappa shape index (κ1) is 21.4. The molecule has 0 aromatic rings. The van der Waals surface area contributed by atoms with Gasteiger partial charge in [0.1, 0.15) is 0 Å². The van der Waals surface area contributed by atoms with Crippen molar-refractivity contribution in [3.05, 3.63) is 0 Å². The summed E-state index contributed by atoms with van der Waals surface area (Å²) in [5.74, 6) is 2.26. The van der Waals surface area contributed by atoms with Gasteiger partial charge in [0.15, 0.2) is 5.96 Å². The Kier molecular flexibility index (Phi) is 8.00. The Hall–Kier alpha value is -1.30. The van der Waals surface area contributed by atoms with Crippen LogP contribution in [-0.4, -0.2) is 73.5 Å². The predicted molar refractivity (Wildman–Crippen MR) is 115 cm³/mol. The predicted octanol–water partition coefficient (Wildman–Crippen LogP) is 2.45. The van der Waals surface area contributed by atoms with Crippen molar-refractivity contribution in [3.8, 4) is 0 Å². The summed E-state index contributed by atoms with van der Waals surface area (Å²) >= 11 is 0. The smallest absolute Gasteiger partial charge is 0.225 e. The zero-order chi connectivity index (χ0) is 19.9. The fourth-order valence-corrected chi connectivity index (χ4v) is 5.11. The summed E-state index contributed by atoms with van der Waals surface area (Å²) < 4.78 is 0. The molecule has 2 atom stereocenters. The lowest BCUT2D eigenvalue weighted by Crippen LogP contribution is -2.51. The van der Waals surface area contributed by atoms with E-state index in [1.54, 1.807) is 0 Å². The highest BCUT2D eigenvalue weighted by Gasteiger charge is 2.32. The van der Waals surface area contributed by atoms with Crippen molar-refractivity contribution in [1.82, 2.24) is 20.4 Å². The van der Waals surface area contributed by atoms with Gasteiger partial charge in [-0.25, -0.2) is 0 Å². The van der Waals surface area contributed by atoms with Crippen LogP contribution in [0.2, 0.25) is 0 Å². The molecule has 0 bridgehead atoms. The molecule has 0 radical (unpaired) electrons. The van der Waals surface area contributed by atoms with Crippen LogP contribution in [0, 0.1) is 11.8 Å². The van der Waals surface area contributed by atoms with Gasteiger partial charge >= 0.3 is 0 Å². The lowest BCUT2D eigenvalue weighted by Gasteiger charge is -2.37. The first-order chi connectivity index (χ1) is 13.6. The summed E-state index contributed by atoms with van der Waals surface area (Å²) in [5.41, 5.74) is 0. The molecule has 0 spiro atoms. The Bertz CT molecular complexity index is 529. The number of hydrogen-bond donors (Lipinski definition) is 2. The fraction of sp³-hybridized carbons (Fsp3) is 0.909. The maximum Gasteiger partial charge on any atom is 0.225 e. The second-order valence-corrected chi connectivity index (χ2v) is 9.39. The summed E-state index contributed by atoms with van der Waals surface area (Å²) in [6.07, 6.45) is 9.55. The Morgan fingerprint density at radius 2 is 1.82 bits per heavy atom. The maximum atomic E-state index is 12.7. The quantitative estimate of drug-likeness (QED) is 0.539. The Morgan fingerprint density at radius 3 is 2.54 bits per heavy atom. The SMILES string of the molecule is CN=C(NCC1CCCCN1CC(C)C)NC1CCN(C(=O)C2CCCC2)C1. The minimum absolute atomic E-state index is 0.287. The standard InChI is InChI=1S/C22H41N5O/c1-17(2)15-26-12-7-6-10-20(26)14-24-22(23-3)25-19-11-13-27(16-19)21(28)18-8-4-5-9-18/h17-20H,4-16H2,1-3H3,(H2,23,24,25). The third kappa shape index (κ3) is 5.85. The number of amides is 1. The van der Waals surface area contributed by atoms with E-state index in [0.717, 1.165) is 44.9 Å². The minimum atomic E-state index is 0.287. The second-order valence-electron chi connectivity index (χ2n) is 9.39. The molecule has 6 nitrogen and oxygen atoms in total. The van der Waals surface area contributed by atoms with Crippen molar-refractivity contribution in [2.75, 3.05) is 39.8 Å². The first-order valence-electron chi connectivity index (χ1n) is 11.6. The molecule has 1 aliphatic carbocycles. The molecule has 2 aliphatic heterocycles. The molecule has 3 aliphatic rings. The van der Waals surface area contributed by atoms with Crippen LogP contribution in [0.5, 0.6) is 0 Å². The third-order valence-corrected chi connectivity index (χ3v) is 6.62. The molecular weight excluding hydrogens is 350 g/mol. The third-order valence-electron chi connectivity index (χ3n) is 6.62. The highest BCUT2D eigenvalue weighted by atomic mass is 16.2. The van der Waals surface area contributed by atoms with Crippen LogP contribution in [-0.2, 0) is 4.79 Å². The van der Waals surface area contributed by atoms with E-state index in [1.165, 1.54) is 45.2 Å². The van der Waals surface area contributed by atoms with Gasteiger partial charge in [-0.1, -0.05) is 33.1 Å². The maximum absolute atomic E-state index is 12.7. The topological polar surface area (TPSA) is 60.0 Å². The van der Waals surface area contributed by atoms with E-state index in [9.17, 15) is 4.79 Å². The summed E-state index contributed by atoms with van der Waals surface area (Å²) in [6.45, 7) is 9.66. The monoisotopic (exact) mass is 391 g/mol. The summed E-state index contributed by atoms with van der Waals surface area (Å²) in [5, 5.41) is 7.12. The number of carbonyl (C=O) groups is 1. The molecule has 1 amide bonds. The Balaban J connectivity index is 1.43. The van der Waals surface area contributed by atoms with Gasteiger partial charge in [-0.3, -0.25) is 14.7 Å². The van der Waals surface area contributed by atoms with Gasteiger partial charge in [0.05, 0.1) is 0 Å². The number of guanidine groups is 1. The van der Waals surface area contributed by atoms with Gasteiger partial charge in [-0.05, 0) is 44.6 Å². The molecule has 3 fully saturated rings. The van der Waals surface area contributed by atoms with Gasteiger partial charge < -0.3 is 15.5 Å². The minimum Gasteiger partial charge on any atom is -0.355 e. The zero-order valence-corrected chi connectivity index (χ0v) is 18.3. The number of carbonyl (C=O) groups excluding carboxylic acids is 1. The molecular formula is C22H41N5O. The van der Waals surface area contributed by atoms with E-state index < -0.39 is 0 Å². The average Bonchev–Trinajstić information content (AvgIpc) is 3.37. The molecule has 2 heterocycles. The second kappa shape index (κ2) is 10.5. The van der Waals surface area contributed by atoms with E-state index in [-0.39, 0.29) is 5.92 Å². The van der Waals surface area contributed by atoms with Crippen molar-refractivity contribution in [2.45, 2.75) is 77.3 Å². The van der Waals surface area contributed by atoms with Gasteiger partial charge in [0.25, 0.3) is 0 Å². The van der Waals surface area contributed by atoms with E-state index in [0.29, 0.717) is 23.9 Å². The van der Waals surface area contributed by atoms with Crippen LogP contribution in [0.25, 0.3) is 0 Å². The first-order valence-corrected chi connectivity index (χ1v) is 11.6. The van der Waals surface area contributed by atoms with Crippen molar-refractivity contribution < 1.29 is 4.79 Å². The van der Waals surface area contributed by atoms with Crippen LogP contribution < -0.4 is 10.6 Å². The molecule has 160 valence electrons. The van der Waals surface area contributed by atoms with Crippen LogP contribution in [0.15, 0.2) is 4.99 Å². The lowest BCUT2D eigenvalue weighted by atomic mass is 10.0. The zero-order valence-electron chi connectivity index (χ0n) is 18.3. The van der Waals surface area contributed by atoms with Crippen LogP contribution in [0.4, 0.5) is 0 Å². The van der Waals surface area contributed by atoms with E-state index in [4.69, 9.17) is 0 Å². The van der Waals surface area contributed by atoms with Crippen LogP contribution >= 0.6 is 0 Å². The van der Waals surface area contributed by atoms with Crippen molar-refractivity contribution >= 4 is 11.9 Å². The average molecular weight is 392 g/mol. The van der Waals surface area contributed by atoms with Gasteiger partial charge in [0, 0.05) is 51.2 Å².